The first-order chi connectivity index (χ1) is 8.90. The van der Waals surface area contributed by atoms with Crippen LogP contribution in [0.1, 0.15) is 53.4 Å². The largest absolute Gasteiger partial charge is 0.394 e. The monoisotopic (exact) mass is 268 g/mol. The van der Waals surface area contributed by atoms with E-state index in [1.54, 1.807) is 0 Å². The van der Waals surface area contributed by atoms with Crippen LogP contribution in [-0.2, 0) is 0 Å². The molecule has 2 rings (SSSR count). The number of aliphatic hydroxyl groups is 1. The van der Waals surface area contributed by atoms with Crippen molar-refractivity contribution in [2.24, 2.45) is 11.3 Å². The molecule has 0 spiro atoms. The van der Waals surface area contributed by atoms with E-state index >= 15 is 0 Å². The van der Waals surface area contributed by atoms with Crippen molar-refractivity contribution in [1.82, 2.24) is 10.2 Å². The van der Waals surface area contributed by atoms with Gasteiger partial charge in [-0.3, -0.25) is 0 Å². The van der Waals surface area contributed by atoms with E-state index in [1.165, 1.54) is 25.9 Å². The first-order valence-electron chi connectivity index (χ1n) is 8.00. The van der Waals surface area contributed by atoms with Crippen molar-refractivity contribution in [3.63, 3.8) is 0 Å². The average molecular weight is 268 g/mol. The molecule has 112 valence electrons. The summed E-state index contributed by atoms with van der Waals surface area (Å²) in [7, 11) is 0. The number of rotatable bonds is 4. The Balaban J connectivity index is 1.92. The van der Waals surface area contributed by atoms with Gasteiger partial charge in [0, 0.05) is 18.1 Å². The summed E-state index contributed by atoms with van der Waals surface area (Å²) in [5, 5.41) is 13.2. The molecule has 3 atom stereocenters. The second-order valence-corrected chi connectivity index (χ2v) is 7.71. The smallest absolute Gasteiger partial charge is 0.0613 e. The van der Waals surface area contributed by atoms with Gasteiger partial charge < -0.3 is 15.3 Å². The van der Waals surface area contributed by atoms with Crippen molar-refractivity contribution >= 4 is 0 Å². The van der Waals surface area contributed by atoms with E-state index in [-0.39, 0.29) is 12.1 Å². The maximum atomic E-state index is 9.71. The highest BCUT2D eigenvalue weighted by atomic mass is 16.3. The van der Waals surface area contributed by atoms with E-state index in [4.69, 9.17) is 0 Å². The van der Waals surface area contributed by atoms with Crippen LogP contribution in [0.4, 0.5) is 0 Å². The maximum Gasteiger partial charge on any atom is 0.0613 e. The molecule has 0 radical (unpaired) electrons. The Morgan fingerprint density at radius 1 is 1.32 bits per heavy atom. The van der Waals surface area contributed by atoms with Crippen LogP contribution in [0.3, 0.4) is 0 Å². The Morgan fingerprint density at radius 2 is 2.05 bits per heavy atom. The number of nitrogens with one attached hydrogen (secondary N) is 1. The van der Waals surface area contributed by atoms with Crippen LogP contribution in [0.2, 0.25) is 0 Å². The van der Waals surface area contributed by atoms with Crippen molar-refractivity contribution in [2.75, 3.05) is 26.2 Å². The molecule has 0 bridgehead atoms. The molecule has 19 heavy (non-hydrogen) atoms. The predicted octanol–water partition coefficient (Wildman–Crippen LogP) is 2.25. The van der Waals surface area contributed by atoms with Crippen molar-refractivity contribution in [3.8, 4) is 0 Å². The van der Waals surface area contributed by atoms with Crippen LogP contribution >= 0.6 is 0 Å². The Hall–Kier alpha value is -0.120. The zero-order valence-corrected chi connectivity index (χ0v) is 13.2. The van der Waals surface area contributed by atoms with Crippen LogP contribution in [-0.4, -0.2) is 47.8 Å². The van der Waals surface area contributed by atoms with E-state index in [0.29, 0.717) is 11.5 Å². The van der Waals surface area contributed by atoms with Gasteiger partial charge in [0.15, 0.2) is 0 Å². The lowest BCUT2D eigenvalue weighted by Gasteiger charge is -2.31. The molecule has 0 aromatic heterocycles. The lowest BCUT2D eigenvalue weighted by molar-refractivity contribution is 0.146. The Morgan fingerprint density at radius 3 is 2.58 bits per heavy atom. The minimum atomic E-state index is -0.000758. The van der Waals surface area contributed by atoms with Gasteiger partial charge in [-0.25, -0.2) is 0 Å². The SMILES string of the molecule is CCNC1(CO)CCC(N2CCC(C(C)(C)C)C2)C1. The van der Waals surface area contributed by atoms with Crippen molar-refractivity contribution < 1.29 is 5.11 Å². The summed E-state index contributed by atoms with van der Waals surface area (Å²) in [5.41, 5.74) is 0.433. The van der Waals surface area contributed by atoms with Crippen LogP contribution in [0, 0.1) is 11.3 Å². The third-order valence-electron chi connectivity index (χ3n) is 5.40. The van der Waals surface area contributed by atoms with Crippen LogP contribution < -0.4 is 5.32 Å². The van der Waals surface area contributed by atoms with E-state index < -0.39 is 0 Å². The third kappa shape index (κ3) is 3.32. The quantitative estimate of drug-likeness (QED) is 0.821. The predicted molar refractivity (Wildman–Crippen MR) is 80.3 cm³/mol. The van der Waals surface area contributed by atoms with Gasteiger partial charge in [0.25, 0.3) is 0 Å². The Labute approximate surface area is 118 Å². The second kappa shape index (κ2) is 5.71. The summed E-state index contributed by atoms with van der Waals surface area (Å²) in [5.74, 6) is 0.829. The van der Waals surface area contributed by atoms with Gasteiger partial charge in [-0.2, -0.15) is 0 Å². The van der Waals surface area contributed by atoms with Gasteiger partial charge in [-0.15, -0.1) is 0 Å². The number of aliphatic hydroxyl groups excluding tert-OH is 1. The van der Waals surface area contributed by atoms with Gasteiger partial charge in [0.2, 0.25) is 0 Å². The topological polar surface area (TPSA) is 35.5 Å². The van der Waals surface area contributed by atoms with Crippen LogP contribution in [0.25, 0.3) is 0 Å². The highest BCUT2D eigenvalue weighted by Crippen LogP contribution is 2.39. The molecule has 1 heterocycles. The Kier molecular flexibility index (Phi) is 4.59. The molecule has 3 heteroatoms. The average Bonchev–Trinajstić information content (AvgIpc) is 2.94. The first kappa shape index (κ1) is 15.3. The molecular weight excluding hydrogens is 236 g/mol. The van der Waals surface area contributed by atoms with E-state index in [9.17, 15) is 5.11 Å². The van der Waals surface area contributed by atoms with Gasteiger partial charge in [0.05, 0.1) is 6.61 Å². The van der Waals surface area contributed by atoms with Gasteiger partial charge in [0.1, 0.15) is 0 Å². The molecule has 1 aliphatic heterocycles. The number of likely N-dealkylation sites (N-methyl/N-ethyl adjacent to an activating group) is 1. The van der Waals surface area contributed by atoms with Gasteiger partial charge in [-0.05, 0) is 50.1 Å². The zero-order valence-electron chi connectivity index (χ0n) is 13.2. The van der Waals surface area contributed by atoms with E-state index in [0.717, 1.165) is 25.3 Å². The lowest BCUT2D eigenvalue weighted by Crippen LogP contribution is -2.47. The highest BCUT2D eigenvalue weighted by molar-refractivity contribution is 5.01. The molecule has 2 fully saturated rings. The lowest BCUT2D eigenvalue weighted by atomic mass is 9.80. The minimum absolute atomic E-state index is 0.000758. The molecule has 2 aliphatic rings. The molecule has 3 unspecified atom stereocenters. The number of hydrogen-bond acceptors (Lipinski definition) is 3. The summed E-state index contributed by atoms with van der Waals surface area (Å²) in [6.07, 6.45) is 4.82. The zero-order chi connectivity index (χ0) is 14.1. The fraction of sp³-hybridized carbons (Fsp3) is 1.00. The highest BCUT2D eigenvalue weighted by Gasteiger charge is 2.43. The standard InChI is InChI=1S/C16H32N2O/c1-5-17-16(12-19)8-6-14(10-16)18-9-7-13(11-18)15(2,3)4/h13-14,17,19H,5-12H2,1-4H3. The fourth-order valence-corrected chi connectivity index (χ4v) is 3.97. The summed E-state index contributed by atoms with van der Waals surface area (Å²) < 4.78 is 0. The van der Waals surface area contributed by atoms with Crippen LogP contribution in [0.15, 0.2) is 0 Å². The number of nitrogens with zero attached hydrogens (tertiary/aromatic N) is 1. The summed E-state index contributed by atoms with van der Waals surface area (Å²) in [6.45, 7) is 13.0. The molecule has 1 aliphatic carbocycles. The van der Waals surface area contributed by atoms with Crippen molar-refractivity contribution in [3.05, 3.63) is 0 Å². The van der Waals surface area contributed by atoms with E-state index in [1.807, 2.05) is 0 Å². The maximum absolute atomic E-state index is 9.71. The minimum Gasteiger partial charge on any atom is -0.394 e. The molecule has 0 amide bonds. The first-order valence-corrected chi connectivity index (χ1v) is 8.00. The van der Waals surface area contributed by atoms with Crippen molar-refractivity contribution in [1.29, 1.82) is 0 Å². The number of hydrogen-bond donors (Lipinski definition) is 2. The van der Waals surface area contributed by atoms with Crippen LogP contribution in [0.5, 0.6) is 0 Å². The summed E-state index contributed by atoms with van der Waals surface area (Å²) >= 11 is 0. The number of likely N-dealkylation sites (tertiary alicyclic amines) is 1. The van der Waals surface area contributed by atoms with Gasteiger partial charge in [-0.1, -0.05) is 27.7 Å². The molecule has 2 N–H and O–H groups in total. The second-order valence-electron chi connectivity index (χ2n) is 7.71. The molecule has 1 saturated carbocycles. The molecular formula is C16H32N2O. The summed E-state index contributed by atoms with van der Waals surface area (Å²) in [6, 6.07) is 0.679. The summed E-state index contributed by atoms with van der Waals surface area (Å²) in [4.78, 5) is 2.69. The molecule has 3 nitrogen and oxygen atoms in total. The molecule has 0 aromatic carbocycles. The molecule has 0 aromatic rings. The molecule has 1 saturated heterocycles. The Bertz CT molecular complexity index is 300. The third-order valence-corrected chi connectivity index (χ3v) is 5.40. The van der Waals surface area contributed by atoms with Crippen molar-refractivity contribution in [2.45, 2.75) is 65.0 Å². The fourth-order valence-electron chi connectivity index (χ4n) is 3.97. The van der Waals surface area contributed by atoms with E-state index in [2.05, 4.69) is 37.9 Å². The van der Waals surface area contributed by atoms with Gasteiger partial charge >= 0.3 is 0 Å². The normalized spacial score (nSPS) is 37.1.